The van der Waals surface area contributed by atoms with Gasteiger partial charge in [0, 0.05) is 13.1 Å². The lowest BCUT2D eigenvalue weighted by Gasteiger charge is -2.22. The summed E-state index contributed by atoms with van der Waals surface area (Å²) in [7, 11) is -2.08. The highest BCUT2D eigenvalue weighted by molar-refractivity contribution is 7.92. The lowest BCUT2D eigenvalue weighted by atomic mass is 10.2. The van der Waals surface area contributed by atoms with Crippen LogP contribution in [0.5, 0.6) is 5.75 Å². The quantitative estimate of drug-likeness (QED) is 0.829. The van der Waals surface area contributed by atoms with Crippen molar-refractivity contribution in [2.24, 2.45) is 0 Å². The van der Waals surface area contributed by atoms with E-state index in [1.165, 1.54) is 19.2 Å². The van der Waals surface area contributed by atoms with Crippen molar-refractivity contribution in [1.29, 1.82) is 0 Å². The van der Waals surface area contributed by atoms with E-state index in [0.717, 1.165) is 23.0 Å². The zero-order chi connectivity index (χ0) is 13.9. The van der Waals surface area contributed by atoms with Crippen LogP contribution in [0.1, 0.15) is 20.3 Å². The molecule has 1 rings (SSSR count). The maximum Gasteiger partial charge on any atom is 0.232 e. The molecule has 0 fully saturated rings. The third kappa shape index (κ3) is 3.60. The van der Waals surface area contributed by atoms with Crippen LogP contribution in [-0.4, -0.2) is 27.8 Å². The van der Waals surface area contributed by atoms with Gasteiger partial charge >= 0.3 is 0 Å². The van der Waals surface area contributed by atoms with Crippen molar-refractivity contribution in [1.82, 2.24) is 0 Å². The average molecular weight is 275 g/mol. The summed E-state index contributed by atoms with van der Waals surface area (Å²) in [5.41, 5.74) is 0.206. The highest BCUT2D eigenvalue weighted by Crippen LogP contribution is 2.30. The molecule has 1 unspecified atom stereocenters. The number of halogens is 1. The smallest absolute Gasteiger partial charge is 0.232 e. The molecular weight excluding hydrogens is 257 g/mol. The predicted molar refractivity (Wildman–Crippen MR) is 70.0 cm³/mol. The van der Waals surface area contributed by atoms with Gasteiger partial charge in [-0.2, -0.15) is 0 Å². The summed E-state index contributed by atoms with van der Waals surface area (Å²) in [5, 5.41) is 0. The summed E-state index contributed by atoms with van der Waals surface area (Å²) in [5.74, 6) is -0.143. The molecule has 0 N–H and O–H groups in total. The molecule has 0 aliphatic heterocycles. The largest absolute Gasteiger partial charge is 0.489 e. The Morgan fingerprint density at radius 3 is 2.56 bits per heavy atom. The predicted octanol–water partition coefficient (Wildman–Crippen LogP) is 2.40. The normalized spacial score (nSPS) is 13.2. The molecule has 0 saturated heterocycles. The Kier molecular flexibility index (Phi) is 4.56. The Hall–Kier alpha value is -1.30. The summed E-state index contributed by atoms with van der Waals surface area (Å²) in [6.45, 7) is 3.82. The zero-order valence-electron chi connectivity index (χ0n) is 11.0. The van der Waals surface area contributed by atoms with Gasteiger partial charge in [-0.15, -0.1) is 0 Å². The monoisotopic (exact) mass is 275 g/mol. The summed E-state index contributed by atoms with van der Waals surface area (Å²) in [6.07, 6.45) is 1.77. The number of nitrogens with zero attached hydrogens (tertiary/aromatic N) is 1. The first-order valence-corrected chi connectivity index (χ1v) is 7.50. The van der Waals surface area contributed by atoms with E-state index in [1.54, 1.807) is 0 Å². The minimum atomic E-state index is -3.45. The molecule has 0 aliphatic rings. The molecule has 0 spiro atoms. The van der Waals surface area contributed by atoms with Crippen molar-refractivity contribution in [3.63, 3.8) is 0 Å². The second-order valence-electron chi connectivity index (χ2n) is 4.18. The number of hydrogen-bond donors (Lipinski definition) is 0. The number of ether oxygens (including phenoxy) is 1. The van der Waals surface area contributed by atoms with E-state index in [4.69, 9.17) is 4.74 Å². The average Bonchev–Trinajstić information content (AvgIpc) is 2.29. The Bertz CT molecular complexity index is 516. The molecule has 1 atom stereocenters. The van der Waals surface area contributed by atoms with Crippen LogP contribution in [0.4, 0.5) is 10.1 Å². The summed E-state index contributed by atoms with van der Waals surface area (Å²) in [6, 6.07) is 3.84. The fraction of sp³-hybridized carbons (Fsp3) is 0.500. The number of sulfonamides is 1. The highest BCUT2D eigenvalue weighted by atomic mass is 32.2. The summed E-state index contributed by atoms with van der Waals surface area (Å²) < 4.78 is 42.8. The molecule has 0 amide bonds. The second kappa shape index (κ2) is 5.56. The molecule has 0 aliphatic carbocycles. The summed E-state index contributed by atoms with van der Waals surface area (Å²) in [4.78, 5) is 0. The number of anilines is 1. The molecule has 18 heavy (non-hydrogen) atoms. The van der Waals surface area contributed by atoms with Crippen LogP contribution in [-0.2, 0) is 10.0 Å². The Balaban J connectivity index is 3.19. The third-order valence-corrected chi connectivity index (χ3v) is 3.85. The lowest BCUT2D eigenvalue weighted by Crippen LogP contribution is -2.26. The van der Waals surface area contributed by atoms with Gasteiger partial charge in [0.15, 0.2) is 0 Å². The second-order valence-corrected chi connectivity index (χ2v) is 6.19. The summed E-state index contributed by atoms with van der Waals surface area (Å²) >= 11 is 0. The van der Waals surface area contributed by atoms with Crippen LogP contribution in [0.2, 0.25) is 0 Å². The van der Waals surface area contributed by atoms with Gasteiger partial charge in [0.05, 0.1) is 18.0 Å². The van der Waals surface area contributed by atoms with Gasteiger partial charge in [-0.1, -0.05) is 6.92 Å². The lowest BCUT2D eigenvalue weighted by molar-refractivity contribution is 0.218. The Morgan fingerprint density at radius 2 is 2.06 bits per heavy atom. The number of benzene rings is 1. The van der Waals surface area contributed by atoms with Gasteiger partial charge < -0.3 is 4.74 Å². The Labute approximate surface area is 107 Å². The van der Waals surface area contributed by atoms with E-state index in [2.05, 4.69) is 0 Å². The van der Waals surface area contributed by atoms with Crippen molar-refractivity contribution in [3.8, 4) is 5.75 Å². The minimum absolute atomic E-state index is 0.0674. The first kappa shape index (κ1) is 14.8. The highest BCUT2D eigenvalue weighted by Gasteiger charge is 2.18. The van der Waals surface area contributed by atoms with Crippen molar-refractivity contribution in [2.45, 2.75) is 26.4 Å². The van der Waals surface area contributed by atoms with Gasteiger partial charge in [-0.05, 0) is 25.5 Å². The third-order valence-electron chi connectivity index (χ3n) is 2.66. The molecule has 0 bridgehead atoms. The molecule has 0 radical (unpaired) electrons. The SMILES string of the molecule is CCC(C)Oc1ccc(F)cc1N(C)S(C)(=O)=O. The minimum Gasteiger partial charge on any atom is -0.489 e. The van der Waals surface area contributed by atoms with E-state index >= 15 is 0 Å². The van der Waals surface area contributed by atoms with E-state index in [0.29, 0.717) is 5.75 Å². The van der Waals surface area contributed by atoms with Gasteiger partial charge in [0.25, 0.3) is 0 Å². The van der Waals surface area contributed by atoms with Crippen LogP contribution >= 0.6 is 0 Å². The van der Waals surface area contributed by atoms with Gasteiger partial charge in [0.1, 0.15) is 11.6 Å². The topological polar surface area (TPSA) is 46.6 Å². The molecule has 0 heterocycles. The fourth-order valence-corrected chi connectivity index (χ4v) is 1.81. The van der Waals surface area contributed by atoms with Crippen LogP contribution < -0.4 is 9.04 Å². The van der Waals surface area contributed by atoms with Crippen molar-refractivity contribution < 1.29 is 17.5 Å². The maximum absolute atomic E-state index is 13.2. The van der Waals surface area contributed by atoms with E-state index < -0.39 is 15.8 Å². The fourth-order valence-electron chi connectivity index (χ4n) is 1.31. The molecule has 4 nitrogen and oxygen atoms in total. The molecule has 102 valence electrons. The van der Waals surface area contributed by atoms with E-state index in [-0.39, 0.29) is 11.8 Å². The molecule has 0 saturated carbocycles. The first-order valence-electron chi connectivity index (χ1n) is 5.65. The number of hydrogen-bond acceptors (Lipinski definition) is 3. The van der Waals surface area contributed by atoms with Crippen molar-refractivity contribution in [3.05, 3.63) is 24.0 Å². The van der Waals surface area contributed by atoms with Crippen molar-refractivity contribution in [2.75, 3.05) is 17.6 Å². The molecule has 0 aromatic heterocycles. The van der Waals surface area contributed by atoms with Crippen LogP contribution in [0.15, 0.2) is 18.2 Å². The molecule has 1 aromatic carbocycles. The van der Waals surface area contributed by atoms with Gasteiger partial charge in [0.2, 0.25) is 10.0 Å². The first-order chi connectivity index (χ1) is 8.25. The molecule has 6 heteroatoms. The van der Waals surface area contributed by atoms with Crippen molar-refractivity contribution >= 4 is 15.7 Å². The van der Waals surface area contributed by atoms with Gasteiger partial charge in [-0.3, -0.25) is 4.31 Å². The van der Waals surface area contributed by atoms with E-state index in [1.807, 2.05) is 13.8 Å². The van der Waals surface area contributed by atoms with E-state index in [9.17, 15) is 12.8 Å². The van der Waals surface area contributed by atoms with Crippen LogP contribution in [0.3, 0.4) is 0 Å². The molecular formula is C12H18FNO3S. The zero-order valence-corrected chi connectivity index (χ0v) is 11.8. The van der Waals surface area contributed by atoms with Gasteiger partial charge in [-0.25, -0.2) is 12.8 Å². The number of rotatable bonds is 5. The van der Waals surface area contributed by atoms with Crippen LogP contribution in [0.25, 0.3) is 0 Å². The van der Waals surface area contributed by atoms with Crippen LogP contribution in [0, 0.1) is 5.82 Å². The molecule has 1 aromatic rings. The maximum atomic E-state index is 13.2. The standard InChI is InChI=1S/C12H18FNO3S/c1-5-9(2)17-12-7-6-10(13)8-11(12)14(3)18(4,15)16/h6-9H,5H2,1-4H3. The Morgan fingerprint density at radius 1 is 1.44 bits per heavy atom.